The van der Waals surface area contributed by atoms with E-state index in [1.54, 1.807) is 4.40 Å². The van der Waals surface area contributed by atoms with Crippen LogP contribution in [0.5, 0.6) is 0 Å². The predicted molar refractivity (Wildman–Crippen MR) is 95.7 cm³/mol. The maximum Gasteiger partial charge on any atom is 0.433 e. The molecule has 5 rings (SSSR count). The van der Waals surface area contributed by atoms with E-state index in [4.69, 9.17) is 14.1 Å². The van der Waals surface area contributed by atoms with Gasteiger partial charge in [0.2, 0.25) is 11.8 Å². The Morgan fingerprint density at radius 3 is 2.67 bits per heavy atom. The van der Waals surface area contributed by atoms with Crippen LogP contribution in [-0.4, -0.2) is 50.8 Å². The van der Waals surface area contributed by atoms with Gasteiger partial charge in [0.25, 0.3) is 0 Å². The molecule has 1 aliphatic rings. The highest BCUT2D eigenvalue weighted by molar-refractivity contribution is 5.93. The fraction of sp³-hybridized carbons (Fsp3) is 0.235. The zero-order valence-electron chi connectivity index (χ0n) is 14.1. The molecule has 0 amide bonds. The molecule has 1 fully saturated rings. The molecule has 0 bridgehead atoms. The van der Waals surface area contributed by atoms with E-state index in [1.807, 2.05) is 24.3 Å². The highest BCUT2D eigenvalue weighted by Crippen LogP contribution is 2.30. The lowest BCUT2D eigenvalue weighted by Crippen LogP contribution is -2.38. The Morgan fingerprint density at radius 2 is 1.89 bits per heavy atom. The number of morpholine rings is 1. The van der Waals surface area contributed by atoms with Crippen molar-refractivity contribution in [3.63, 3.8) is 0 Å². The Kier molecular flexibility index (Phi) is 3.50. The molecule has 0 radical (unpaired) electrons. The van der Waals surface area contributed by atoms with E-state index < -0.39 is 4.92 Å². The fourth-order valence-corrected chi connectivity index (χ4v) is 3.25. The van der Waals surface area contributed by atoms with Gasteiger partial charge in [-0.2, -0.15) is 0 Å². The third-order valence-electron chi connectivity index (χ3n) is 4.51. The lowest BCUT2D eigenvalue weighted by Gasteiger charge is -2.28. The number of benzene rings is 1. The smallest absolute Gasteiger partial charge is 0.397 e. The Hall–Kier alpha value is -3.53. The van der Waals surface area contributed by atoms with Crippen LogP contribution in [0.15, 0.2) is 40.8 Å². The monoisotopic (exact) mass is 366 g/mol. The molecule has 0 N–H and O–H groups in total. The molecule has 0 saturated carbocycles. The minimum atomic E-state index is -0.580. The SMILES string of the molecule is O=[N+]([O-])c1ccc(-c2nnc3c4ccccc4nc(N4CCOCC4)n23)o1. The van der Waals surface area contributed by atoms with Crippen LogP contribution >= 0.6 is 0 Å². The van der Waals surface area contributed by atoms with E-state index in [0.717, 1.165) is 10.9 Å². The summed E-state index contributed by atoms with van der Waals surface area (Å²) >= 11 is 0. The van der Waals surface area contributed by atoms with Gasteiger partial charge in [0.15, 0.2) is 11.4 Å². The van der Waals surface area contributed by atoms with E-state index in [2.05, 4.69) is 15.1 Å². The van der Waals surface area contributed by atoms with Crippen molar-refractivity contribution in [1.29, 1.82) is 0 Å². The van der Waals surface area contributed by atoms with Gasteiger partial charge in [-0.3, -0.25) is 10.1 Å². The molecular formula is C17H14N6O4. The normalized spacial score (nSPS) is 14.9. The lowest BCUT2D eigenvalue weighted by molar-refractivity contribution is -0.401. The van der Waals surface area contributed by atoms with Crippen molar-refractivity contribution < 1.29 is 14.1 Å². The number of para-hydroxylation sites is 1. The molecule has 27 heavy (non-hydrogen) atoms. The van der Waals surface area contributed by atoms with Crippen LogP contribution in [0.3, 0.4) is 0 Å². The van der Waals surface area contributed by atoms with Gasteiger partial charge in [-0.05, 0) is 18.2 Å². The van der Waals surface area contributed by atoms with Gasteiger partial charge >= 0.3 is 5.88 Å². The summed E-state index contributed by atoms with van der Waals surface area (Å²) in [4.78, 5) is 17.3. The molecule has 3 aromatic heterocycles. The first-order valence-corrected chi connectivity index (χ1v) is 8.43. The Labute approximate surface area is 152 Å². The molecule has 1 aliphatic heterocycles. The van der Waals surface area contributed by atoms with Gasteiger partial charge in [-0.25, -0.2) is 9.38 Å². The number of furan rings is 1. The summed E-state index contributed by atoms with van der Waals surface area (Å²) in [6.45, 7) is 2.55. The highest BCUT2D eigenvalue weighted by atomic mass is 16.6. The van der Waals surface area contributed by atoms with Crippen molar-refractivity contribution in [2.24, 2.45) is 0 Å². The molecule has 1 aromatic carbocycles. The van der Waals surface area contributed by atoms with Crippen LogP contribution in [0.25, 0.3) is 28.1 Å². The van der Waals surface area contributed by atoms with E-state index >= 15 is 0 Å². The number of nitro groups is 1. The minimum Gasteiger partial charge on any atom is -0.397 e. The number of aromatic nitrogens is 4. The number of rotatable bonds is 3. The first-order valence-electron chi connectivity index (χ1n) is 8.43. The molecule has 4 aromatic rings. The van der Waals surface area contributed by atoms with Crippen molar-refractivity contribution in [2.75, 3.05) is 31.2 Å². The van der Waals surface area contributed by atoms with Crippen LogP contribution in [0, 0.1) is 10.1 Å². The van der Waals surface area contributed by atoms with Gasteiger partial charge < -0.3 is 14.1 Å². The Morgan fingerprint density at radius 1 is 1.07 bits per heavy atom. The molecule has 0 unspecified atom stereocenters. The van der Waals surface area contributed by atoms with Crippen LogP contribution in [0.2, 0.25) is 0 Å². The van der Waals surface area contributed by atoms with Crippen LogP contribution in [-0.2, 0) is 4.74 Å². The molecule has 0 atom stereocenters. The van der Waals surface area contributed by atoms with E-state index in [-0.39, 0.29) is 11.6 Å². The Balaban J connectivity index is 1.78. The van der Waals surface area contributed by atoms with Gasteiger partial charge in [0, 0.05) is 18.5 Å². The zero-order valence-corrected chi connectivity index (χ0v) is 14.1. The standard InChI is InChI=1S/C17H14N6O4/c24-23(25)14-6-5-13(27-14)16-20-19-15-11-3-1-2-4-12(11)18-17(22(15)16)21-7-9-26-10-8-21/h1-6H,7-10H2. The number of hydrogen-bond acceptors (Lipinski definition) is 8. The quantitative estimate of drug-likeness (QED) is 0.401. The molecule has 0 aliphatic carbocycles. The van der Waals surface area contributed by atoms with Gasteiger partial charge in [0.05, 0.1) is 24.8 Å². The summed E-state index contributed by atoms with van der Waals surface area (Å²) in [6, 6.07) is 10.5. The maximum atomic E-state index is 11.0. The molecule has 10 heteroatoms. The van der Waals surface area contributed by atoms with Gasteiger partial charge in [-0.15, -0.1) is 10.2 Å². The topological polar surface area (TPSA) is 112 Å². The summed E-state index contributed by atoms with van der Waals surface area (Å²) in [5.41, 5.74) is 1.42. The van der Waals surface area contributed by atoms with Gasteiger partial charge in [-0.1, -0.05) is 12.1 Å². The van der Waals surface area contributed by atoms with Crippen molar-refractivity contribution in [1.82, 2.24) is 19.6 Å². The molecular weight excluding hydrogens is 352 g/mol. The summed E-state index contributed by atoms with van der Waals surface area (Å²) in [5.74, 6) is 0.952. The second kappa shape index (κ2) is 6.02. The lowest BCUT2D eigenvalue weighted by atomic mass is 10.2. The molecule has 0 spiro atoms. The molecule has 4 heterocycles. The summed E-state index contributed by atoms with van der Waals surface area (Å²) in [6.07, 6.45) is 0. The predicted octanol–water partition coefficient (Wildman–Crippen LogP) is 2.28. The average molecular weight is 366 g/mol. The summed E-state index contributed by atoms with van der Waals surface area (Å²) < 4.78 is 12.6. The average Bonchev–Trinajstić information content (AvgIpc) is 3.35. The van der Waals surface area contributed by atoms with Crippen LogP contribution in [0.1, 0.15) is 0 Å². The van der Waals surface area contributed by atoms with E-state index in [1.165, 1.54) is 12.1 Å². The zero-order chi connectivity index (χ0) is 18.4. The molecule has 10 nitrogen and oxygen atoms in total. The van der Waals surface area contributed by atoms with E-state index in [9.17, 15) is 10.1 Å². The minimum absolute atomic E-state index is 0.265. The highest BCUT2D eigenvalue weighted by Gasteiger charge is 2.24. The second-order valence-corrected chi connectivity index (χ2v) is 6.11. The van der Waals surface area contributed by atoms with Gasteiger partial charge in [0.1, 0.15) is 4.92 Å². The number of anilines is 1. The van der Waals surface area contributed by atoms with Crippen LogP contribution < -0.4 is 4.90 Å². The van der Waals surface area contributed by atoms with Crippen molar-refractivity contribution in [3.8, 4) is 11.6 Å². The molecule has 136 valence electrons. The van der Waals surface area contributed by atoms with Crippen LogP contribution in [0.4, 0.5) is 11.8 Å². The first kappa shape index (κ1) is 15.7. The second-order valence-electron chi connectivity index (χ2n) is 6.11. The van der Waals surface area contributed by atoms with Crippen molar-refractivity contribution in [3.05, 3.63) is 46.5 Å². The first-order chi connectivity index (χ1) is 13.2. The van der Waals surface area contributed by atoms with Crippen molar-refractivity contribution in [2.45, 2.75) is 0 Å². The largest absolute Gasteiger partial charge is 0.433 e. The number of nitrogens with zero attached hydrogens (tertiary/aromatic N) is 6. The fourth-order valence-electron chi connectivity index (χ4n) is 3.25. The van der Waals surface area contributed by atoms with E-state index in [0.29, 0.717) is 43.7 Å². The third-order valence-corrected chi connectivity index (χ3v) is 4.51. The maximum absolute atomic E-state index is 11.0. The number of fused-ring (bicyclic) bond motifs is 3. The molecule has 1 saturated heterocycles. The van der Waals surface area contributed by atoms with Crippen molar-refractivity contribution >= 4 is 28.4 Å². The number of hydrogen-bond donors (Lipinski definition) is 0. The Bertz CT molecular complexity index is 1160. The summed E-state index contributed by atoms with van der Waals surface area (Å²) in [5, 5.41) is 20.4. The third kappa shape index (κ3) is 2.49. The summed E-state index contributed by atoms with van der Waals surface area (Å²) in [7, 11) is 0. The number of ether oxygens (including phenoxy) is 1.